The fraction of sp³-hybridized carbons (Fsp3) is 0.625. The molecule has 1 aromatic carbocycles. The Kier molecular flexibility index (Phi) is 4.57. The number of rotatable bonds is 5. The van der Waals surface area contributed by atoms with Gasteiger partial charge < -0.3 is 0 Å². The first-order chi connectivity index (χ1) is 10.1. The molecule has 0 aromatic heterocycles. The van der Waals surface area contributed by atoms with Crippen LogP contribution in [-0.2, 0) is 16.4 Å². The number of hydrogen-bond acceptors (Lipinski definition) is 2. The first-order valence-corrected chi connectivity index (χ1v) is 9.74. The number of sulfonamides is 1. The van der Waals surface area contributed by atoms with Crippen molar-refractivity contribution in [1.82, 2.24) is 4.31 Å². The van der Waals surface area contributed by atoms with E-state index >= 15 is 0 Å². The summed E-state index contributed by atoms with van der Waals surface area (Å²) in [7, 11) is -3.31. The van der Waals surface area contributed by atoms with Crippen molar-refractivity contribution in [2.24, 2.45) is 11.8 Å². The quantitative estimate of drug-likeness (QED) is 0.778. The second-order valence-corrected chi connectivity index (χ2v) is 8.53. The van der Waals surface area contributed by atoms with E-state index in [1.807, 2.05) is 12.1 Å². The van der Waals surface area contributed by atoms with E-state index in [2.05, 4.69) is 0 Å². The second-order valence-electron chi connectivity index (χ2n) is 6.21. The lowest BCUT2D eigenvalue weighted by Crippen LogP contribution is -2.29. The van der Waals surface area contributed by atoms with Crippen LogP contribution in [-0.4, -0.2) is 31.7 Å². The van der Waals surface area contributed by atoms with Crippen molar-refractivity contribution in [2.75, 3.05) is 19.0 Å². The first kappa shape index (κ1) is 15.3. The Bertz CT molecular complexity index is 573. The largest absolute Gasteiger partial charge is 0.243 e. The van der Waals surface area contributed by atoms with Crippen molar-refractivity contribution < 1.29 is 8.42 Å². The van der Waals surface area contributed by atoms with Gasteiger partial charge in [0.2, 0.25) is 10.0 Å². The van der Waals surface area contributed by atoms with Gasteiger partial charge in [-0.2, -0.15) is 4.31 Å². The molecule has 1 aromatic rings. The zero-order chi connectivity index (χ0) is 14.9. The van der Waals surface area contributed by atoms with E-state index in [4.69, 9.17) is 11.6 Å². The van der Waals surface area contributed by atoms with Gasteiger partial charge >= 0.3 is 0 Å². The number of nitrogens with zero attached hydrogens (tertiary/aromatic N) is 1. The van der Waals surface area contributed by atoms with Crippen LogP contribution < -0.4 is 0 Å². The topological polar surface area (TPSA) is 37.4 Å². The molecule has 1 saturated carbocycles. The third kappa shape index (κ3) is 3.13. The van der Waals surface area contributed by atoms with Gasteiger partial charge in [0.15, 0.2) is 0 Å². The van der Waals surface area contributed by atoms with E-state index in [0.717, 1.165) is 18.4 Å². The van der Waals surface area contributed by atoms with Gasteiger partial charge in [-0.15, -0.1) is 11.6 Å². The zero-order valence-electron chi connectivity index (χ0n) is 12.2. The molecule has 3 rings (SSSR count). The van der Waals surface area contributed by atoms with Gasteiger partial charge in [0.1, 0.15) is 0 Å². The number of alkyl halides is 1. The smallest absolute Gasteiger partial charge is 0.207 e. The lowest BCUT2D eigenvalue weighted by Gasteiger charge is -2.17. The van der Waals surface area contributed by atoms with E-state index in [-0.39, 0.29) is 0 Å². The van der Waals surface area contributed by atoms with E-state index in [1.165, 1.54) is 19.3 Å². The van der Waals surface area contributed by atoms with Gasteiger partial charge in [-0.3, -0.25) is 0 Å². The van der Waals surface area contributed by atoms with Crippen molar-refractivity contribution in [3.8, 4) is 0 Å². The highest BCUT2D eigenvalue weighted by atomic mass is 35.5. The molecule has 5 heteroatoms. The highest BCUT2D eigenvalue weighted by Gasteiger charge is 2.41. The molecule has 0 spiro atoms. The Morgan fingerprint density at radius 1 is 1.10 bits per heavy atom. The SMILES string of the molecule is O=S(=O)(c1ccc(CCCCl)cc1)N1CC2CCCC2C1. The van der Waals surface area contributed by atoms with E-state index < -0.39 is 10.0 Å². The van der Waals surface area contributed by atoms with Gasteiger partial charge in [-0.05, 0) is 55.2 Å². The molecule has 0 radical (unpaired) electrons. The maximum Gasteiger partial charge on any atom is 0.243 e. The van der Waals surface area contributed by atoms with Crippen LogP contribution in [0.25, 0.3) is 0 Å². The van der Waals surface area contributed by atoms with Crippen molar-refractivity contribution in [3.05, 3.63) is 29.8 Å². The van der Waals surface area contributed by atoms with E-state index in [0.29, 0.717) is 35.7 Å². The van der Waals surface area contributed by atoms with Gasteiger partial charge in [0.25, 0.3) is 0 Å². The lowest BCUT2D eigenvalue weighted by molar-refractivity contribution is 0.445. The fourth-order valence-electron chi connectivity index (χ4n) is 3.64. The Hall–Kier alpha value is -0.580. The molecule has 2 aliphatic rings. The predicted molar refractivity (Wildman–Crippen MR) is 85.1 cm³/mol. The summed E-state index contributed by atoms with van der Waals surface area (Å²) in [5.41, 5.74) is 1.15. The number of fused-ring (bicyclic) bond motifs is 1. The second kappa shape index (κ2) is 6.27. The zero-order valence-corrected chi connectivity index (χ0v) is 13.7. The fourth-order valence-corrected chi connectivity index (χ4v) is 5.32. The van der Waals surface area contributed by atoms with Crippen LogP contribution in [0.4, 0.5) is 0 Å². The number of hydrogen-bond donors (Lipinski definition) is 0. The van der Waals surface area contributed by atoms with Crippen LogP contribution in [0.2, 0.25) is 0 Å². The molecule has 0 N–H and O–H groups in total. The highest BCUT2D eigenvalue weighted by Crippen LogP contribution is 2.39. The summed E-state index contributed by atoms with van der Waals surface area (Å²) in [5, 5.41) is 0. The van der Waals surface area contributed by atoms with Crippen molar-refractivity contribution >= 4 is 21.6 Å². The average Bonchev–Trinajstić information content (AvgIpc) is 3.07. The van der Waals surface area contributed by atoms with Crippen LogP contribution in [0.3, 0.4) is 0 Å². The van der Waals surface area contributed by atoms with Gasteiger partial charge in [0.05, 0.1) is 4.90 Å². The third-order valence-electron chi connectivity index (χ3n) is 4.85. The molecular formula is C16H22ClNO2S. The molecule has 116 valence electrons. The Labute approximate surface area is 132 Å². The van der Waals surface area contributed by atoms with Crippen molar-refractivity contribution in [2.45, 2.75) is 37.0 Å². The third-order valence-corrected chi connectivity index (χ3v) is 6.97. The van der Waals surface area contributed by atoms with Crippen molar-refractivity contribution in [1.29, 1.82) is 0 Å². The van der Waals surface area contributed by atoms with Crippen LogP contribution in [0, 0.1) is 11.8 Å². The molecule has 2 atom stereocenters. The molecule has 2 unspecified atom stereocenters. The van der Waals surface area contributed by atoms with E-state index in [9.17, 15) is 8.42 Å². The van der Waals surface area contributed by atoms with Gasteiger partial charge in [-0.1, -0.05) is 18.6 Å². The molecule has 1 aliphatic carbocycles. The average molecular weight is 328 g/mol. The number of benzene rings is 1. The molecule has 1 heterocycles. The Morgan fingerprint density at radius 2 is 1.71 bits per heavy atom. The molecular weight excluding hydrogens is 306 g/mol. The molecule has 1 aliphatic heterocycles. The number of halogens is 1. The Balaban J connectivity index is 1.73. The molecule has 3 nitrogen and oxygen atoms in total. The minimum absolute atomic E-state index is 0.428. The van der Waals surface area contributed by atoms with Gasteiger partial charge in [-0.25, -0.2) is 8.42 Å². The standard InChI is InChI=1S/C16H22ClNO2S/c17-10-2-3-13-6-8-16(9-7-13)21(19,20)18-11-14-4-1-5-15(14)12-18/h6-9,14-15H,1-5,10-12H2. The number of aryl methyl sites for hydroxylation is 1. The summed E-state index contributed by atoms with van der Waals surface area (Å²) in [5.74, 6) is 1.81. The first-order valence-electron chi connectivity index (χ1n) is 7.76. The summed E-state index contributed by atoms with van der Waals surface area (Å²) in [6, 6.07) is 7.31. The summed E-state index contributed by atoms with van der Waals surface area (Å²) in [6.45, 7) is 1.42. The van der Waals surface area contributed by atoms with Crippen LogP contribution in [0.1, 0.15) is 31.2 Å². The van der Waals surface area contributed by atoms with Crippen molar-refractivity contribution in [3.63, 3.8) is 0 Å². The maximum absolute atomic E-state index is 12.7. The normalized spacial score (nSPS) is 26.1. The van der Waals surface area contributed by atoms with Crippen LogP contribution in [0.5, 0.6) is 0 Å². The minimum Gasteiger partial charge on any atom is -0.207 e. The summed E-state index contributed by atoms with van der Waals surface area (Å²) in [6.07, 6.45) is 5.46. The maximum atomic E-state index is 12.7. The molecule has 2 fully saturated rings. The summed E-state index contributed by atoms with van der Waals surface area (Å²) in [4.78, 5) is 0.428. The van der Waals surface area contributed by atoms with Crippen LogP contribution in [0.15, 0.2) is 29.2 Å². The minimum atomic E-state index is -3.31. The monoisotopic (exact) mass is 327 g/mol. The van der Waals surface area contributed by atoms with Gasteiger partial charge in [0, 0.05) is 19.0 Å². The van der Waals surface area contributed by atoms with E-state index in [1.54, 1.807) is 16.4 Å². The Morgan fingerprint density at radius 3 is 2.29 bits per heavy atom. The molecule has 0 bridgehead atoms. The molecule has 1 saturated heterocycles. The molecule has 21 heavy (non-hydrogen) atoms. The lowest BCUT2D eigenvalue weighted by atomic mass is 10.0. The molecule has 0 amide bonds. The predicted octanol–water partition coefficient (Wildman–Crippen LogP) is 3.28. The summed E-state index contributed by atoms with van der Waals surface area (Å²) >= 11 is 5.69. The van der Waals surface area contributed by atoms with Crippen LogP contribution >= 0.6 is 11.6 Å². The highest BCUT2D eigenvalue weighted by molar-refractivity contribution is 7.89. The summed E-state index contributed by atoms with van der Waals surface area (Å²) < 4.78 is 27.1.